The number of hydrogen-bond acceptors (Lipinski definition) is 6. The Balaban J connectivity index is 1.43. The van der Waals surface area contributed by atoms with Crippen LogP contribution in [0.25, 0.3) is 11.4 Å². The zero-order valence-electron chi connectivity index (χ0n) is 19.1. The van der Waals surface area contributed by atoms with E-state index in [1.165, 1.54) is 16.6 Å². The average Bonchev–Trinajstić information content (AvgIpc) is 3.30. The highest BCUT2D eigenvalue weighted by atomic mass is 35.5. The number of nitrogens with zero attached hydrogens (tertiary/aromatic N) is 4. The molecule has 0 saturated heterocycles. The van der Waals surface area contributed by atoms with Crippen molar-refractivity contribution >= 4 is 45.6 Å². The summed E-state index contributed by atoms with van der Waals surface area (Å²) in [4.78, 5) is 13.9. The predicted octanol–water partition coefficient (Wildman–Crippen LogP) is 5.95. The number of carbonyl (C=O) groups is 1. The Morgan fingerprint density at radius 2 is 2.18 bits per heavy atom. The fourth-order valence-electron chi connectivity index (χ4n) is 4.14. The summed E-state index contributed by atoms with van der Waals surface area (Å²) in [6.45, 7) is 6.81. The van der Waals surface area contributed by atoms with Crippen LogP contribution in [0.5, 0.6) is 0 Å². The first-order chi connectivity index (χ1) is 15.7. The van der Waals surface area contributed by atoms with E-state index in [0.717, 1.165) is 30.4 Å². The molecule has 1 aliphatic rings. The Hall–Kier alpha value is -2.34. The van der Waals surface area contributed by atoms with Gasteiger partial charge in [0.15, 0.2) is 11.0 Å². The number of benzene rings is 1. The third-order valence-corrected chi connectivity index (χ3v) is 8.53. The molecule has 6 nitrogen and oxygen atoms in total. The van der Waals surface area contributed by atoms with Gasteiger partial charge in [-0.25, -0.2) is 0 Å². The van der Waals surface area contributed by atoms with E-state index < -0.39 is 0 Å². The van der Waals surface area contributed by atoms with E-state index >= 15 is 0 Å². The van der Waals surface area contributed by atoms with Crippen molar-refractivity contribution in [2.45, 2.75) is 45.2 Å². The molecule has 0 spiro atoms. The molecule has 1 atom stereocenters. The Bertz CT molecular complexity index is 1230. The molecule has 1 amide bonds. The van der Waals surface area contributed by atoms with Gasteiger partial charge in [-0.1, -0.05) is 56.3 Å². The largest absolute Gasteiger partial charge is 0.316 e. The van der Waals surface area contributed by atoms with Crippen LogP contribution in [0.3, 0.4) is 0 Å². The fraction of sp³-hybridized carbons (Fsp3) is 0.417. The summed E-state index contributed by atoms with van der Waals surface area (Å²) in [5, 5.41) is 23.1. The molecule has 33 heavy (non-hydrogen) atoms. The quantitative estimate of drug-likeness (QED) is 0.438. The van der Waals surface area contributed by atoms with E-state index in [2.05, 4.69) is 42.4 Å². The van der Waals surface area contributed by atoms with E-state index in [4.69, 9.17) is 11.6 Å². The smallest absolute Gasteiger partial charge is 0.235 e. The second kappa shape index (κ2) is 9.49. The van der Waals surface area contributed by atoms with Crippen molar-refractivity contribution in [3.63, 3.8) is 0 Å². The summed E-state index contributed by atoms with van der Waals surface area (Å²) < 4.78 is 1.85. The van der Waals surface area contributed by atoms with Crippen molar-refractivity contribution in [2.24, 2.45) is 18.4 Å². The first kappa shape index (κ1) is 23.8. The maximum absolute atomic E-state index is 12.7. The number of rotatable bonds is 5. The van der Waals surface area contributed by atoms with Crippen LogP contribution >= 0.6 is 34.7 Å². The van der Waals surface area contributed by atoms with Gasteiger partial charge < -0.3 is 9.88 Å². The lowest BCUT2D eigenvalue weighted by atomic mass is 9.72. The van der Waals surface area contributed by atoms with E-state index in [1.807, 2.05) is 35.9 Å². The Labute approximate surface area is 207 Å². The van der Waals surface area contributed by atoms with Gasteiger partial charge in [0.05, 0.1) is 11.3 Å². The SMILES string of the molecule is Cn1c(SCC(=O)Nc2sc3c(c2C#N)CCC(C(C)(C)C)C3)nnc1-c1cccc(Cl)c1. The molecule has 0 bridgehead atoms. The zero-order valence-corrected chi connectivity index (χ0v) is 21.5. The number of carbonyl (C=O) groups excluding carboxylic acids is 1. The third kappa shape index (κ3) is 5.11. The van der Waals surface area contributed by atoms with E-state index in [1.54, 1.807) is 11.3 Å². The standard InChI is InChI=1S/C24H26ClN5OS2/c1-24(2,3)15-8-9-17-18(12-26)22(33-19(17)11-15)27-20(31)13-32-23-29-28-21(30(23)4)14-6-5-7-16(25)10-14/h5-7,10,15H,8-9,11,13H2,1-4H3,(H,27,31). The van der Waals surface area contributed by atoms with E-state index in [-0.39, 0.29) is 17.1 Å². The summed E-state index contributed by atoms with van der Waals surface area (Å²) in [6.07, 6.45) is 2.94. The highest BCUT2D eigenvalue weighted by Gasteiger charge is 2.32. The molecule has 1 unspecified atom stereocenters. The lowest BCUT2D eigenvalue weighted by Gasteiger charge is -2.33. The summed E-state index contributed by atoms with van der Waals surface area (Å²) in [6, 6.07) is 9.75. The lowest BCUT2D eigenvalue weighted by molar-refractivity contribution is -0.113. The third-order valence-electron chi connectivity index (χ3n) is 6.10. The maximum atomic E-state index is 12.7. The van der Waals surface area contributed by atoms with Crippen LogP contribution in [0.1, 0.15) is 43.2 Å². The molecule has 1 N–H and O–H groups in total. The predicted molar refractivity (Wildman–Crippen MR) is 135 cm³/mol. The van der Waals surface area contributed by atoms with Gasteiger partial charge >= 0.3 is 0 Å². The molecule has 0 aliphatic heterocycles. The average molecular weight is 500 g/mol. The molecular formula is C24H26ClN5OS2. The highest BCUT2D eigenvalue weighted by molar-refractivity contribution is 7.99. The molecule has 1 aromatic carbocycles. The minimum absolute atomic E-state index is 0.158. The Morgan fingerprint density at radius 1 is 1.39 bits per heavy atom. The molecular weight excluding hydrogens is 474 g/mol. The van der Waals surface area contributed by atoms with E-state index in [9.17, 15) is 10.1 Å². The number of hydrogen-bond donors (Lipinski definition) is 1. The first-order valence-electron chi connectivity index (χ1n) is 10.8. The van der Waals surface area contributed by atoms with Gasteiger partial charge in [-0.3, -0.25) is 4.79 Å². The normalized spacial score (nSPS) is 15.7. The van der Waals surface area contributed by atoms with Gasteiger partial charge in [0, 0.05) is 22.5 Å². The number of halogens is 1. The number of nitrogens with one attached hydrogen (secondary N) is 1. The maximum Gasteiger partial charge on any atom is 0.235 e. The molecule has 1 aliphatic carbocycles. The number of thioether (sulfide) groups is 1. The molecule has 0 radical (unpaired) electrons. The van der Waals surface area contributed by atoms with Gasteiger partial charge in [0.1, 0.15) is 11.1 Å². The number of anilines is 1. The van der Waals surface area contributed by atoms with Crippen molar-refractivity contribution in [3.8, 4) is 17.5 Å². The molecule has 2 heterocycles. The summed E-state index contributed by atoms with van der Waals surface area (Å²) in [7, 11) is 1.86. The molecule has 0 fully saturated rings. The van der Waals surface area contributed by atoms with Crippen molar-refractivity contribution in [1.29, 1.82) is 5.26 Å². The van der Waals surface area contributed by atoms with Crippen molar-refractivity contribution in [2.75, 3.05) is 11.1 Å². The minimum Gasteiger partial charge on any atom is -0.316 e. The van der Waals surface area contributed by atoms with Crippen LogP contribution in [0.4, 0.5) is 5.00 Å². The molecule has 172 valence electrons. The lowest BCUT2D eigenvalue weighted by Crippen LogP contribution is -2.26. The Morgan fingerprint density at radius 3 is 2.88 bits per heavy atom. The summed E-state index contributed by atoms with van der Waals surface area (Å²) in [5.41, 5.74) is 2.84. The second-order valence-electron chi connectivity index (χ2n) is 9.34. The minimum atomic E-state index is -0.158. The molecule has 9 heteroatoms. The van der Waals surface area contributed by atoms with Crippen molar-refractivity contribution in [1.82, 2.24) is 14.8 Å². The number of thiophene rings is 1. The van der Waals surface area contributed by atoms with Crippen LogP contribution in [0, 0.1) is 22.7 Å². The Kier molecular flexibility index (Phi) is 6.85. The topological polar surface area (TPSA) is 83.6 Å². The zero-order chi connectivity index (χ0) is 23.8. The summed E-state index contributed by atoms with van der Waals surface area (Å²) in [5.74, 6) is 1.29. The van der Waals surface area contributed by atoms with Gasteiger partial charge in [-0.15, -0.1) is 21.5 Å². The van der Waals surface area contributed by atoms with Crippen molar-refractivity contribution in [3.05, 3.63) is 45.3 Å². The van der Waals surface area contributed by atoms with Gasteiger partial charge in [-0.2, -0.15) is 5.26 Å². The van der Waals surface area contributed by atoms with Crippen LogP contribution in [0.15, 0.2) is 29.4 Å². The monoisotopic (exact) mass is 499 g/mol. The molecule has 2 aromatic heterocycles. The number of aromatic nitrogens is 3. The van der Waals surface area contributed by atoms with E-state index in [0.29, 0.717) is 32.5 Å². The number of fused-ring (bicyclic) bond motifs is 1. The molecule has 4 rings (SSSR count). The number of nitriles is 1. The molecule has 3 aromatic rings. The first-order valence-corrected chi connectivity index (χ1v) is 13.0. The van der Waals surface area contributed by atoms with Crippen LogP contribution in [-0.4, -0.2) is 26.4 Å². The van der Waals surface area contributed by atoms with Crippen LogP contribution in [-0.2, 0) is 24.7 Å². The van der Waals surface area contributed by atoms with Crippen molar-refractivity contribution < 1.29 is 4.79 Å². The fourth-order valence-corrected chi connectivity index (χ4v) is 6.34. The van der Waals surface area contributed by atoms with Gasteiger partial charge in [0.25, 0.3) is 0 Å². The number of amides is 1. The second-order valence-corrected chi connectivity index (χ2v) is 11.8. The van der Waals surface area contributed by atoms with Gasteiger partial charge in [-0.05, 0) is 48.3 Å². The van der Waals surface area contributed by atoms with Crippen LogP contribution < -0.4 is 5.32 Å². The van der Waals surface area contributed by atoms with Crippen LogP contribution in [0.2, 0.25) is 5.02 Å². The highest BCUT2D eigenvalue weighted by Crippen LogP contribution is 2.44. The van der Waals surface area contributed by atoms with Gasteiger partial charge in [0.2, 0.25) is 5.91 Å². The summed E-state index contributed by atoms with van der Waals surface area (Å²) >= 11 is 8.95. The molecule has 0 saturated carbocycles.